The SMILES string of the molecule is Cc1nccc(Nc2nccc(-c3csc(-c4cccc([C@]5(O)CCN(C)C5=O)c4)n3)n2)n1. The van der Waals surface area contributed by atoms with Gasteiger partial charge in [0.05, 0.1) is 5.69 Å². The second-order valence-electron chi connectivity index (χ2n) is 7.84. The summed E-state index contributed by atoms with van der Waals surface area (Å²) in [4.78, 5) is 36.0. The normalized spacial score (nSPS) is 18.0. The summed E-state index contributed by atoms with van der Waals surface area (Å²) in [5.41, 5.74) is 1.31. The summed E-state index contributed by atoms with van der Waals surface area (Å²) in [7, 11) is 1.70. The first-order chi connectivity index (χ1) is 15.9. The maximum Gasteiger partial charge on any atom is 0.258 e. The summed E-state index contributed by atoms with van der Waals surface area (Å²) in [5.74, 6) is 1.39. The number of carbonyl (C=O) groups is 1. The van der Waals surface area contributed by atoms with Crippen LogP contribution in [0.1, 0.15) is 17.8 Å². The predicted octanol–water partition coefficient (Wildman–Crippen LogP) is 3.16. The van der Waals surface area contributed by atoms with Crippen molar-refractivity contribution in [3.05, 3.63) is 65.6 Å². The van der Waals surface area contributed by atoms with Crippen LogP contribution in [0.25, 0.3) is 22.0 Å². The lowest BCUT2D eigenvalue weighted by molar-refractivity contribution is -0.143. The molecule has 1 aliphatic rings. The van der Waals surface area contributed by atoms with E-state index < -0.39 is 5.60 Å². The molecule has 33 heavy (non-hydrogen) atoms. The molecule has 4 aromatic rings. The number of hydrogen-bond acceptors (Lipinski definition) is 9. The zero-order valence-electron chi connectivity index (χ0n) is 18.1. The first-order valence-corrected chi connectivity index (χ1v) is 11.2. The fourth-order valence-electron chi connectivity index (χ4n) is 3.76. The Hall–Kier alpha value is -3.76. The van der Waals surface area contributed by atoms with Gasteiger partial charge in [-0.25, -0.2) is 24.9 Å². The van der Waals surface area contributed by atoms with Crippen molar-refractivity contribution in [1.82, 2.24) is 29.8 Å². The van der Waals surface area contributed by atoms with Crippen LogP contribution >= 0.6 is 11.3 Å². The zero-order valence-corrected chi connectivity index (χ0v) is 18.9. The molecule has 1 saturated heterocycles. The zero-order chi connectivity index (χ0) is 23.0. The quantitative estimate of drug-likeness (QED) is 0.467. The van der Waals surface area contributed by atoms with Crippen LogP contribution < -0.4 is 5.32 Å². The summed E-state index contributed by atoms with van der Waals surface area (Å²) < 4.78 is 0. The largest absolute Gasteiger partial charge is 0.375 e. The van der Waals surface area contributed by atoms with Gasteiger partial charge in [-0.15, -0.1) is 11.3 Å². The smallest absolute Gasteiger partial charge is 0.258 e. The standard InChI is InChI=1S/C23H21N7O2S/c1-14-24-10-7-19(26-14)29-22-25-9-6-17(28-22)18-13-33-20(27-18)15-4-3-5-16(12-15)23(32)8-11-30(2)21(23)31/h3-7,9-10,12-13,32H,8,11H2,1-2H3,(H,24,25,26,28,29)/t23-/m1/s1. The number of nitrogens with zero attached hydrogens (tertiary/aromatic N) is 6. The monoisotopic (exact) mass is 459 g/mol. The van der Waals surface area contributed by atoms with E-state index in [-0.39, 0.29) is 5.91 Å². The van der Waals surface area contributed by atoms with Crippen molar-refractivity contribution in [1.29, 1.82) is 0 Å². The van der Waals surface area contributed by atoms with E-state index >= 15 is 0 Å². The van der Waals surface area contributed by atoms with E-state index in [2.05, 4.69) is 25.3 Å². The van der Waals surface area contributed by atoms with Crippen molar-refractivity contribution in [3.63, 3.8) is 0 Å². The second-order valence-corrected chi connectivity index (χ2v) is 8.69. The lowest BCUT2D eigenvalue weighted by Gasteiger charge is -2.21. The molecule has 1 aliphatic heterocycles. The Morgan fingerprint density at radius 1 is 1.09 bits per heavy atom. The molecular weight excluding hydrogens is 438 g/mol. The van der Waals surface area contributed by atoms with Crippen molar-refractivity contribution in [2.45, 2.75) is 18.9 Å². The Kier molecular flexibility index (Phi) is 5.31. The maximum absolute atomic E-state index is 12.5. The van der Waals surface area contributed by atoms with Crippen molar-refractivity contribution < 1.29 is 9.90 Å². The molecule has 166 valence electrons. The Balaban J connectivity index is 1.41. The highest BCUT2D eigenvalue weighted by molar-refractivity contribution is 7.13. The number of hydrogen-bond donors (Lipinski definition) is 2. The number of amides is 1. The van der Waals surface area contributed by atoms with Gasteiger partial charge in [0.2, 0.25) is 5.95 Å². The van der Waals surface area contributed by atoms with Gasteiger partial charge in [-0.1, -0.05) is 18.2 Å². The molecule has 1 atom stereocenters. The molecule has 9 nitrogen and oxygen atoms in total. The Morgan fingerprint density at radius 3 is 2.73 bits per heavy atom. The van der Waals surface area contributed by atoms with Crippen molar-refractivity contribution in [3.8, 4) is 22.0 Å². The van der Waals surface area contributed by atoms with Crippen LogP contribution in [-0.2, 0) is 10.4 Å². The summed E-state index contributed by atoms with van der Waals surface area (Å²) in [5, 5.41) is 16.8. The minimum absolute atomic E-state index is 0.278. The fraction of sp³-hybridized carbons (Fsp3) is 0.217. The third-order valence-electron chi connectivity index (χ3n) is 5.53. The number of aromatic nitrogens is 5. The molecule has 4 heterocycles. The predicted molar refractivity (Wildman–Crippen MR) is 125 cm³/mol. The number of aliphatic hydroxyl groups is 1. The average Bonchev–Trinajstić information content (AvgIpc) is 3.42. The molecule has 0 unspecified atom stereocenters. The fourth-order valence-corrected chi connectivity index (χ4v) is 4.57. The summed E-state index contributed by atoms with van der Waals surface area (Å²) in [6, 6.07) is 10.9. The number of anilines is 2. The lowest BCUT2D eigenvalue weighted by atomic mass is 9.91. The third kappa shape index (κ3) is 4.06. The molecule has 5 rings (SSSR count). The number of benzene rings is 1. The van der Waals surface area contributed by atoms with Crippen LogP contribution in [-0.4, -0.2) is 54.4 Å². The second kappa shape index (κ2) is 8.30. The minimum atomic E-state index is -1.49. The summed E-state index contributed by atoms with van der Waals surface area (Å²) in [6.45, 7) is 2.34. The molecular formula is C23H21N7O2S. The van der Waals surface area contributed by atoms with E-state index in [0.29, 0.717) is 47.5 Å². The van der Waals surface area contributed by atoms with E-state index in [0.717, 1.165) is 10.6 Å². The number of carbonyl (C=O) groups excluding carboxylic acids is 1. The van der Waals surface area contributed by atoms with Gasteiger partial charge >= 0.3 is 0 Å². The molecule has 0 aliphatic carbocycles. The van der Waals surface area contributed by atoms with Crippen LogP contribution in [0, 0.1) is 6.92 Å². The number of likely N-dealkylation sites (tertiary alicyclic amines) is 1. The van der Waals surface area contributed by atoms with Crippen LogP contribution in [0.3, 0.4) is 0 Å². The van der Waals surface area contributed by atoms with Gasteiger partial charge in [0, 0.05) is 43.4 Å². The van der Waals surface area contributed by atoms with Crippen LogP contribution in [0.4, 0.5) is 11.8 Å². The molecule has 3 aromatic heterocycles. The molecule has 2 N–H and O–H groups in total. The number of thiazole rings is 1. The van der Waals surface area contributed by atoms with Crippen molar-refractivity contribution in [2.24, 2.45) is 0 Å². The van der Waals surface area contributed by atoms with Crippen molar-refractivity contribution in [2.75, 3.05) is 18.9 Å². The first kappa shape index (κ1) is 21.1. The Bertz CT molecular complexity index is 1340. The number of rotatable bonds is 5. The van der Waals surface area contributed by atoms with Gasteiger partial charge in [-0.05, 0) is 30.7 Å². The van der Waals surface area contributed by atoms with E-state index in [9.17, 15) is 9.90 Å². The van der Waals surface area contributed by atoms with Crippen molar-refractivity contribution >= 4 is 29.0 Å². The van der Waals surface area contributed by atoms with Crippen LogP contribution in [0.2, 0.25) is 0 Å². The van der Waals surface area contributed by atoms with Crippen LogP contribution in [0.5, 0.6) is 0 Å². The van der Waals surface area contributed by atoms with Gasteiger partial charge in [0.1, 0.15) is 22.3 Å². The molecule has 0 radical (unpaired) electrons. The highest BCUT2D eigenvalue weighted by atomic mass is 32.1. The van der Waals surface area contributed by atoms with Gasteiger partial charge in [0.15, 0.2) is 5.60 Å². The molecule has 1 fully saturated rings. The molecule has 1 amide bonds. The number of nitrogens with one attached hydrogen (secondary N) is 1. The summed E-state index contributed by atoms with van der Waals surface area (Å²) in [6.07, 6.45) is 3.70. The van der Waals surface area contributed by atoms with Gasteiger partial charge < -0.3 is 15.3 Å². The van der Waals surface area contributed by atoms with E-state index in [1.165, 1.54) is 11.3 Å². The molecule has 0 saturated carbocycles. The number of aryl methyl sites for hydroxylation is 1. The average molecular weight is 460 g/mol. The highest BCUT2D eigenvalue weighted by Gasteiger charge is 2.45. The highest BCUT2D eigenvalue weighted by Crippen LogP contribution is 2.36. The molecule has 1 aromatic carbocycles. The Labute approximate surface area is 194 Å². The first-order valence-electron chi connectivity index (χ1n) is 10.4. The summed E-state index contributed by atoms with van der Waals surface area (Å²) >= 11 is 1.47. The number of likely N-dealkylation sites (N-methyl/N-ethyl adjacent to an activating group) is 1. The molecule has 0 bridgehead atoms. The molecule has 10 heteroatoms. The Morgan fingerprint density at radius 2 is 1.94 bits per heavy atom. The maximum atomic E-state index is 12.5. The topological polar surface area (TPSA) is 117 Å². The lowest BCUT2D eigenvalue weighted by Crippen LogP contribution is -2.36. The van der Waals surface area contributed by atoms with Crippen LogP contribution in [0.15, 0.2) is 54.2 Å². The molecule has 0 spiro atoms. The third-order valence-corrected chi connectivity index (χ3v) is 6.43. The van der Waals surface area contributed by atoms with E-state index in [1.807, 2.05) is 30.5 Å². The van der Waals surface area contributed by atoms with Gasteiger partial charge in [0.25, 0.3) is 5.91 Å². The van der Waals surface area contributed by atoms with Gasteiger partial charge in [-0.2, -0.15) is 0 Å². The van der Waals surface area contributed by atoms with E-state index in [4.69, 9.17) is 4.98 Å². The van der Waals surface area contributed by atoms with Gasteiger partial charge in [-0.3, -0.25) is 4.79 Å². The minimum Gasteiger partial charge on any atom is -0.375 e. The van der Waals surface area contributed by atoms with E-state index in [1.54, 1.807) is 42.5 Å².